The van der Waals surface area contributed by atoms with Crippen LogP contribution >= 0.6 is 0 Å². The van der Waals surface area contributed by atoms with Gasteiger partial charge in [0.25, 0.3) is 0 Å². The van der Waals surface area contributed by atoms with Crippen molar-refractivity contribution in [3.05, 3.63) is 42.5 Å². The maximum atomic E-state index is 6.05. The molecule has 102 valence electrons. The summed E-state index contributed by atoms with van der Waals surface area (Å²) in [5.41, 5.74) is 3.69. The first-order valence-corrected chi connectivity index (χ1v) is 7.31. The van der Waals surface area contributed by atoms with Gasteiger partial charge in [-0.05, 0) is 30.7 Å². The van der Waals surface area contributed by atoms with E-state index in [0.717, 1.165) is 24.7 Å². The van der Waals surface area contributed by atoms with Crippen LogP contribution in [0.1, 0.15) is 19.8 Å². The Morgan fingerprint density at radius 3 is 2.70 bits per heavy atom. The third-order valence-corrected chi connectivity index (χ3v) is 4.06. The molecule has 0 N–H and O–H groups in total. The number of fused-ring (bicyclic) bond motifs is 2. The van der Waals surface area contributed by atoms with Crippen LogP contribution in [0.5, 0.6) is 11.5 Å². The van der Waals surface area contributed by atoms with Crippen molar-refractivity contribution in [2.24, 2.45) is 0 Å². The van der Waals surface area contributed by atoms with Crippen LogP contribution in [0, 0.1) is 0 Å². The molecule has 2 heterocycles. The van der Waals surface area contributed by atoms with E-state index >= 15 is 0 Å². The number of anilines is 3. The predicted molar refractivity (Wildman–Crippen MR) is 82.2 cm³/mol. The molecule has 0 aliphatic carbocycles. The first-order chi connectivity index (χ1) is 9.88. The highest BCUT2D eigenvalue weighted by atomic mass is 16.5. The largest absolute Gasteiger partial charge is 0.453 e. The Labute approximate surface area is 119 Å². The Kier molecular flexibility index (Phi) is 2.59. The van der Waals surface area contributed by atoms with E-state index in [1.807, 2.05) is 12.1 Å². The van der Waals surface area contributed by atoms with Gasteiger partial charge < -0.3 is 14.5 Å². The molecule has 0 spiro atoms. The monoisotopic (exact) mass is 266 g/mol. The predicted octanol–water partition coefficient (Wildman–Crippen LogP) is 4.51. The van der Waals surface area contributed by atoms with Crippen LogP contribution in [-0.4, -0.2) is 13.2 Å². The van der Waals surface area contributed by atoms with Gasteiger partial charge in [0.1, 0.15) is 5.69 Å². The maximum absolute atomic E-state index is 6.05. The highest BCUT2D eigenvalue weighted by Crippen LogP contribution is 2.53. The molecule has 20 heavy (non-hydrogen) atoms. The molecule has 0 atom stereocenters. The van der Waals surface area contributed by atoms with E-state index in [0.29, 0.717) is 0 Å². The zero-order chi connectivity index (χ0) is 13.5. The van der Waals surface area contributed by atoms with Gasteiger partial charge in [-0.1, -0.05) is 31.5 Å². The van der Waals surface area contributed by atoms with E-state index in [1.54, 1.807) is 0 Å². The molecule has 0 aromatic heterocycles. The van der Waals surface area contributed by atoms with Crippen molar-refractivity contribution in [2.75, 3.05) is 23.0 Å². The summed E-state index contributed by atoms with van der Waals surface area (Å²) in [7, 11) is 0. The van der Waals surface area contributed by atoms with Crippen LogP contribution in [-0.2, 0) is 0 Å². The molecule has 0 unspecified atom stereocenters. The maximum Gasteiger partial charge on any atom is 0.153 e. The van der Waals surface area contributed by atoms with E-state index < -0.39 is 0 Å². The first-order valence-electron chi connectivity index (χ1n) is 7.31. The highest BCUT2D eigenvalue weighted by Gasteiger charge is 2.34. The lowest BCUT2D eigenvalue weighted by molar-refractivity contribution is 0.476. The third kappa shape index (κ3) is 1.59. The van der Waals surface area contributed by atoms with Gasteiger partial charge in [0.15, 0.2) is 11.5 Å². The first kappa shape index (κ1) is 11.6. The Bertz CT molecular complexity index is 653. The fraction of sp³-hybridized carbons (Fsp3) is 0.294. The van der Waals surface area contributed by atoms with Gasteiger partial charge in [-0.25, -0.2) is 0 Å². The van der Waals surface area contributed by atoms with Gasteiger partial charge in [-0.3, -0.25) is 0 Å². The fourth-order valence-electron chi connectivity index (χ4n) is 3.06. The molecule has 4 rings (SSSR count). The number of rotatable bonds is 3. The van der Waals surface area contributed by atoms with Crippen LogP contribution in [0.3, 0.4) is 0 Å². The lowest BCUT2D eigenvalue weighted by atomic mass is 10.1. The minimum atomic E-state index is 0.923. The molecule has 2 aliphatic heterocycles. The minimum absolute atomic E-state index is 0.923. The molecule has 2 aromatic carbocycles. The summed E-state index contributed by atoms with van der Waals surface area (Å²) in [5.74, 6) is 1.93. The van der Waals surface area contributed by atoms with Gasteiger partial charge >= 0.3 is 0 Å². The molecule has 3 heteroatoms. The highest BCUT2D eigenvalue weighted by molar-refractivity contribution is 5.90. The fourth-order valence-corrected chi connectivity index (χ4v) is 3.06. The van der Waals surface area contributed by atoms with Crippen LogP contribution in [0.15, 0.2) is 42.5 Å². The summed E-state index contributed by atoms with van der Waals surface area (Å²) in [6.07, 6.45) is 2.44. The molecule has 0 saturated heterocycles. The second kappa shape index (κ2) is 4.44. The summed E-state index contributed by atoms with van der Waals surface area (Å²) < 4.78 is 6.05. The molecule has 0 bridgehead atoms. The quantitative estimate of drug-likeness (QED) is 0.813. The van der Waals surface area contributed by atoms with Gasteiger partial charge in [-0.2, -0.15) is 0 Å². The molecule has 2 aromatic rings. The molecule has 2 aliphatic rings. The third-order valence-electron chi connectivity index (χ3n) is 4.06. The van der Waals surface area contributed by atoms with Gasteiger partial charge in [-0.15, -0.1) is 0 Å². The van der Waals surface area contributed by atoms with E-state index in [-0.39, 0.29) is 0 Å². The van der Waals surface area contributed by atoms with Crippen LogP contribution in [0.25, 0.3) is 0 Å². The lowest BCUT2D eigenvalue weighted by Crippen LogP contribution is -2.29. The molecule has 0 radical (unpaired) electrons. The zero-order valence-corrected chi connectivity index (χ0v) is 11.7. The van der Waals surface area contributed by atoms with Crippen LogP contribution in [0.2, 0.25) is 0 Å². The SMILES string of the molecule is CCCCN1CN2c3ccccc3Oc3cccc1c32. The number of hydrogen-bond acceptors (Lipinski definition) is 3. The van der Waals surface area contributed by atoms with Crippen LogP contribution < -0.4 is 14.5 Å². The smallest absolute Gasteiger partial charge is 0.153 e. The van der Waals surface area contributed by atoms with Gasteiger partial charge in [0, 0.05) is 6.54 Å². The standard InChI is InChI=1S/C17H18N2O/c1-2-3-11-18-12-19-13-7-4-5-9-15(13)20-16-10-6-8-14(18)17(16)19/h4-10H,2-3,11-12H2,1H3. The minimum Gasteiger partial charge on any atom is -0.453 e. The van der Waals surface area contributed by atoms with Crippen molar-refractivity contribution in [1.29, 1.82) is 0 Å². The normalized spacial score (nSPS) is 14.8. The van der Waals surface area contributed by atoms with Crippen molar-refractivity contribution in [3.8, 4) is 11.5 Å². The Hall–Kier alpha value is -2.16. The zero-order valence-electron chi connectivity index (χ0n) is 11.7. The molecule has 3 nitrogen and oxygen atoms in total. The average Bonchev–Trinajstić information content (AvgIpc) is 2.86. The Balaban J connectivity index is 1.80. The Morgan fingerprint density at radius 2 is 1.80 bits per heavy atom. The van der Waals surface area contributed by atoms with Crippen molar-refractivity contribution >= 4 is 17.1 Å². The van der Waals surface area contributed by atoms with Crippen molar-refractivity contribution in [1.82, 2.24) is 0 Å². The molecular weight excluding hydrogens is 248 g/mol. The number of unbranched alkanes of at least 4 members (excludes halogenated alkanes) is 1. The van der Waals surface area contributed by atoms with Crippen molar-refractivity contribution < 1.29 is 4.74 Å². The summed E-state index contributed by atoms with van der Waals surface area (Å²) in [4.78, 5) is 4.83. The number of benzene rings is 2. The summed E-state index contributed by atoms with van der Waals surface area (Å²) in [6, 6.07) is 14.6. The van der Waals surface area contributed by atoms with Crippen molar-refractivity contribution in [3.63, 3.8) is 0 Å². The summed E-state index contributed by atoms with van der Waals surface area (Å²) in [5, 5.41) is 0. The molecule has 0 fully saturated rings. The summed E-state index contributed by atoms with van der Waals surface area (Å²) in [6.45, 7) is 4.26. The second-order valence-electron chi connectivity index (χ2n) is 5.38. The molecular formula is C17H18N2O. The lowest BCUT2D eigenvalue weighted by Gasteiger charge is -2.28. The van der Waals surface area contributed by atoms with Crippen molar-refractivity contribution in [2.45, 2.75) is 19.8 Å². The van der Waals surface area contributed by atoms with Crippen LogP contribution in [0.4, 0.5) is 17.1 Å². The number of ether oxygens (including phenoxy) is 1. The molecule has 0 saturated carbocycles. The van der Waals surface area contributed by atoms with Gasteiger partial charge in [0.2, 0.25) is 0 Å². The Morgan fingerprint density at radius 1 is 1.00 bits per heavy atom. The summed E-state index contributed by atoms with van der Waals surface area (Å²) >= 11 is 0. The van der Waals surface area contributed by atoms with E-state index in [2.05, 4.69) is 47.1 Å². The second-order valence-corrected chi connectivity index (χ2v) is 5.38. The van der Waals surface area contributed by atoms with Gasteiger partial charge in [0.05, 0.1) is 18.0 Å². The number of nitrogens with zero attached hydrogens (tertiary/aromatic N) is 2. The number of hydrogen-bond donors (Lipinski definition) is 0. The average molecular weight is 266 g/mol. The number of para-hydroxylation sites is 3. The molecule has 0 amide bonds. The topological polar surface area (TPSA) is 15.7 Å². The van der Waals surface area contributed by atoms with E-state index in [9.17, 15) is 0 Å². The van der Waals surface area contributed by atoms with E-state index in [4.69, 9.17) is 4.74 Å². The van der Waals surface area contributed by atoms with E-state index in [1.165, 1.54) is 29.9 Å².